The van der Waals surface area contributed by atoms with Gasteiger partial charge in [0.15, 0.2) is 0 Å². The van der Waals surface area contributed by atoms with Crippen molar-refractivity contribution >= 4 is 65.3 Å². The van der Waals surface area contributed by atoms with Crippen molar-refractivity contribution < 1.29 is 4.42 Å². The Morgan fingerprint density at radius 2 is 0.851 bits per heavy atom. The van der Waals surface area contributed by atoms with Crippen LogP contribution < -0.4 is 0 Å². The van der Waals surface area contributed by atoms with Crippen molar-refractivity contribution in [3.8, 4) is 33.6 Å². The summed E-state index contributed by atoms with van der Waals surface area (Å²) in [5.41, 5.74) is 10.0. The molecule has 0 unspecified atom stereocenters. The Morgan fingerprint density at radius 1 is 0.319 bits per heavy atom. The van der Waals surface area contributed by atoms with E-state index in [2.05, 4.69) is 146 Å². The lowest BCUT2D eigenvalue weighted by Crippen LogP contribution is -1.91. The number of rotatable bonds is 3. The third-order valence-electron chi connectivity index (χ3n) is 9.41. The first-order valence-electron chi connectivity index (χ1n) is 15.9. The number of hydrogen-bond donors (Lipinski definition) is 0. The summed E-state index contributed by atoms with van der Waals surface area (Å²) in [6.45, 7) is 0. The normalized spacial score (nSPS) is 11.8. The molecule has 3 heteroatoms. The highest BCUT2D eigenvalue weighted by atomic mass is 16.3. The minimum atomic E-state index is 0.908. The molecule has 3 nitrogen and oxygen atoms in total. The van der Waals surface area contributed by atoms with E-state index < -0.39 is 0 Å². The smallest absolute Gasteiger partial charge is 0.135 e. The zero-order valence-electron chi connectivity index (χ0n) is 25.3. The van der Waals surface area contributed by atoms with E-state index in [9.17, 15) is 0 Å². The standard InChI is InChI=1S/C44H26N2O/c1-2-6-32-24-36-25-35(16-15-33(36)23-31(32)5-1)40-21-18-30-14-13-29-17-20-39(45-43(29)44(30)46-40)28-11-9-27(10-12-28)34-19-22-42-38(26-34)37-7-3-4-8-41(37)47-42/h1-26H. The Morgan fingerprint density at radius 3 is 1.62 bits per heavy atom. The van der Waals surface area contributed by atoms with Gasteiger partial charge in [-0.05, 0) is 81.2 Å². The van der Waals surface area contributed by atoms with Crippen LogP contribution in [0.5, 0.6) is 0 Å². The van der Waals surface area contributed by atoms with Crippen LogP contribution in [0.15, 0.2) is 162 Å². The molecule has 0 spiro atoms. The van der Waals surface area contributed by atoms with Gasteiger partial charge in [-0.25, -0.2) is 9.97 Å². The van der Waals surface area contributed by atoms with Crippen LogP contribution in [0.3, 0.4) is 0 Å². The number of aromatic nitrogens is 2. The number of hydrogen-bond acceptors (Lipinski definition) is 3. The fraction of sp³-hybridized carbons (Fsp3) is 0. The molecule has 0 atom stereocenters. The molecule has 0 N–H and O–H groups in total. The second kappa shape index (κ2) is 10.1. The number of furan rings is 1. The topological polar surface area (TPSA) is 38.9 Å². The highest BCUT2D eigenvalue weighted by Crippen LogP contribution is 2.34. The zero-order valence-corrected chi connectivity index (χ0v) is 25.3. The second-order valence-electron chi connectivity index (χ2n) is 12.2. The minimum absolute atomic E-state index is 0.908. The molecule has 47 heavy (non-hydrogen) atoms. The third-order valence-corrected chi connectivity index (χ3v) is 9.41. The van der Waals surface area contributed by atoms with Crippen molar-refractivity contribution in [1.29, 1.82) is 0 Å². The van der Waals surface area contributed by atoms with Crippen LogP contribution in [-0.4, -0.2) is 9.97 Å². The summed E-state index contributed by atoms with van der Waals surface area (Å²) in [4.78, 5) is 10.4. The molecule has 0 saturated heterocycles. The van der Waals surface area contributed by atoms with Crippen LogP contribution in [0.2, 0.25) is 0 Å². The molecule has 0 aliphatic rings. The van der Waals surface area contributed by atoms with Gasteiger partial charge in [0.2, 0.25) is 0 Å². The first-order chi connectivity index (χ1) is 23.2. The molecule has 0 saturated carbocycles. The molecule has 0 bridgehead atoms. The van der Waals surface area contributed by atoms with Crippen molar-refractivity contribution in [3.05, 3.63) is 158 Å². The Labute approximate surface area is 270 Å². The summed E-state index contributed by atoms with van der Waals surface area (Å²) >= 11 is 0. The fourth-order valence-electron chi connectivity index (χ4n) is 6.93. The van der Waals surface area contributed by atoms with E-state index in [0.717, 1.165) is 77.4 Å². The predicted molar refractivity (Wildman–Crippen MR) is 196 cm³/mol. The van der Waals surface area contributed by atoms with Crippen LogP contribution >= 0.6 is 0 Å². The van der Waals surface area contributed by atoms with Gasteiger partial charge in [-0.15, -0.1) is 0 Å². The number of para-hydroxylation sites is 1. The molecule has 3 aromatic heterocycles. The second-order valence-corrected chi connectivity index (χ2v) is 12.2. The van der Waals surface area contributed by atoms with Gasteiger partial charge in [0.05, 0.1) is 22.4 Å². The zero-order chi connectivity index (χ0) is 30.9. The molecule has 7 aromatic carbocycles. The lowest BCUT2D eigenvalue weighted by atomic mass is 9.99. The molecule has 10 aromatic rings. The van der Waals surface area contributed by atoms with Crippen molar-refractivity contribution in [3.63, 3.8) is 0 Å². The van der Waals surface area contributed by atoms with Gasteiger partial charge in [-0.2, -0.15) is 0 Å². The molecule has 10 rings (SSSR count). The maximum Gasteiger partial charge on any atom is 0.135 e. The lowest BCUT2D eigenvalue weighted by molar-refractivity contribution is 0.669. The van der Waals surface area contributed by atoms with E-state index >= 15 is 0 Å². The molecule has 0 aliphatic carbocycles. The Bertz CT molecular complexity index is 2850. The predicted octanol–water partition coefficient (Wildman–Crippen LogP) is 12.0. The molecule has 0 amide bonds. The van der Waals surface area contributed by atoms with Gasteiger partial charge >= 0.3 is 0 Å². The van der Waals surface area contributed by atoms with Crippen LogP contribution in [0.1, 0.15) is 0 Å². The van der Waals surface area contributed by atoms with E-state index in [1.54, 1.807) is 0 Å². The number of nitrogens with zero attached hydrogens (tertiary/aromatic N) is 2. The van der Waals surface area contributed by atoms with Gasteiger partial charge in [0.1, 0.15) is 11.2 Å². The van der Waals surface area contributed by atoms with Gasteiger partial charge in [0, 0.05) is 32.7 Å². The van der Waals surface area contributed by atoms with Gasteiger partial charge in [-0.3, -0.25) is 0 Å². The highest BCUT2D eigenvalue weighted by molar-refractivity contribution is 6.07. The maximum absolute atomic E-state index is 6.04. The molecule has 218 valence electrons. The maximum atomic E-state index is 6.04. The number of benzene rings is 7. The summed E-state index contributed by atoms with van der Waals surface area (Å²) in [5, 5.41) is 9.36. The fourth-order valence-corrected chi connectivity index (χ4v) is 6.93. The van der Waals surface area contributed by atoms with Gasteiger partial charge in [0.25, 0.3) is 0 Å². The van der Waals surface area contributed by atoms with Crippen LogP contribution in [0, 0.1) is 0 Å². The van der Waals surface area contributed by atoms with Gasteiger partial charge in [-0.1, -0.05) is 109 Å². The minimum Gasteiger partial charge on any atom is -0.456 e. The van der Waals surface area contributed by atoms with E-state index in [-0.39, 0.29) is 0 Å². The van der Waals surface area contributed by atoms with E-state index in [0.29, 0.717) is 0 Å². The summed E-state index contributed by atoms with van der Waals surface area (Å²) in [6, 6.07) is 55.7. The van der Waals surface area contributed by atoms with Gasteiger partial charge < -0.3 is 4.42 Å². The SMILES string of the molecule is c1ccc2cc3cc(-c4ccc5ccc6ccc(-c7ccc(-c8ccc9oc%10ccccc%10c9c8)cc7)nc6c5n4)ccc3cc2c1. The Hall–Kier alpha value is -6.32. The van der Waals surface area contributed by atoms with Crippen molar-refractivity contribution in [2.75, 3.05) is 0 Å². The largest absolute Gasteiger partial charge is 0.456 e. The first kappa shape index (κ1) is 26.0. The molecular formula is C44H26N2O. The average molecular weight is 599 g/mol. The summed E-state index contributed by atoms with van der Waals surface area (Å²) in [5.74, 6) is 0. The molecule has 0 radical (unpaired) electrons. The Kier molecular flexibility index (Phi) is 5.57. The molecular weight excluding hydrogens is 572 g/mol. The summed E-state index contributed by atoms with van der Waals surface area (Å²) < 4.78 is 6.04. The molecule has 0 aliphatic heterocycles. The first-order valence-corrected chi connectivity index (χ1v) is 15.9. The van der Waals surface area contributed by atoms with E-state index in [1.807, 2.05) is 12.1 Å². The summed E-state index contributed by atoms with van der Waals surface area (Å²) in [6.07, 6.45) is 0. The highest BCUT2D eigenvalue weighted by Gasteiger charge is 2.11. The Balaban J connectivity index is 1.03. The van der Waals surface area contributed by atoms with Crippen molar-refractivity contribution in [2.24, 2.45) is 0 Å². The average Bonchev–Trinajstić information content (AvgIpc) is 3.51. The number of fused-ring (bicyclic) bond motifs is 8. The van der Waals surface area contributed by atoms with Crippen LogP contribution in [-0.2, 0) is 0 Å². The lowest BCUT2D eigenvalue weighted by Gasteiger charge is -2.10. The van der Waals surface area contributed by atoms with E-state index in [1.165, 1.54) is 21.5 Å². The third kappa shape index (κ3) is 4.28. The van der Waals surface area contributed by atoms with Crippen LogP contribution in [0.25, 0.3) is 98.9 Å². The van der Waals surface area contributed by atoms with Crippen LogP contribution in [0.4, 0.5) is 0 Å². The summed E-state index contributed by atoms with van der Waals surface area (Å²) in [7, 11) is 0. The van der Waals surface area contributed by atoms with Crippen molar-refractivity contribution in [1.82, 2.24) is 9.97 Å². The monoisotopic (exact) mass is 598 g/mol. The van der Waals surface area contributed by atoms with Crippen molar-refractivity contribution in [2.45, 2.75) is 0 Å². The number of pyridine rings is 2. The molecule has 0 fully saturated rings. The molecule has 3 heterocycles. The van der Waals surface area contributed by atoms with E-state index in [4.69, 9.17) is 14.4 Å². The quantitative estimate of drug-likeness (QED) is 0.150.